The Morgan fingerprint density at radius 1 is 1.19 bits per heavy atom. The first-order valence-electron chi connectivity index (χ1n) is 8.82. The molecule has 0 aliphatic heterocycles. The van der Waals surface area contributed by atoms with E-state index >= 15 is 0 Å². The average Bonchev–Trinajstić information content (AvgIpc) is 2.62. The van der Waals surface area contributed by atoms with Crippen LogP contribution in [0.5, 0.6) is 0 Å². The lowest BCUT2D eigenvalue weighted by Crippen LogP contribution is -2.33. The molecule has 0 radical (unpaired) electrons. The molecule has 2 aromatic rings. The quantitative estimate of drug-likeness (QED) is 0.738. The summed E-state index contributed by atoms with van der Waals surface area (Å²) in [4.78, 5) is 12.6. The van der Waals surface area contributed by atoms with Gasteiger partial charge in [-0.15, -0.1) is 0 Å². The van der Waals surface area contributed by atoms with E-state index in [1.165, 1.54) is 35.6 Å². The number of sulfonamides is 1. The molecule has 1 amide bonds. The largest absolute Gasteiger partial charge is 0.350 e. The molecule has 0 spiro atoms. The first kappa shape index (κ1) is 21.3. The molecule has 7 heteroatoms. The second-order valence-electron chi connectivity index (χ2n) is 6.59. The number of nitrogens with zero attached hydrogens (tertiary/aromatic N) is 1. The Hall–Kier alpha value is -2.05. The lowest BCUT2D eigenvalue weighted by molar-refractivity contribution is 0.0938. The molecule has 5 nitrogen and oxygen atoms in total. The van der Waals surface area contributed by atoms with Gasteiger partial charge < -0.3 is 5.32 Å². The third kappa shape index (κ3) is 5.02. The smallest absolute Gasteiger partial charge is 0.264 e. The predicted octanol–water partition coefficient (Wildman–Crippen LogP) is 4.39. The van der Waals surface area contributed by atoms with Crippen LogP contribution in [0.4, 0.5) is 5.69 Å². The normalized spacial score (nSPS) is 12.5. The number of benzene rings is 2. The maximum atomic E-state index is 12.9. The second-order valence-corrected chi connectivity index (χ2v) is 9.00. The highest BCUT2D eigenvalue weighted by atomic mass is 35.5. The van der Waals surface area contributed by atoms with Gasteiger partial charge >= 0.3 is 0 Å². The third-order valence-electron chi connectivity index (χ3n) is 4.38. The molecule has 1 N–H and O–H groups in total. The Balaban J connectivity index is 2.34. The van der Waals surface area contributed by atoms with E-state index in [1.807, 2.05) is 13.8 Å². The number of halogens is 1. The maximum Gasteiger partial charge on any atom is 0.264 e. The fourth-order valence-corrected chi connectivity index (χ4v) is 4.17. The molecular formula is C20H25ClN2O3S. The van der Waals surface area contributed by atoms with Crippen molar-refractivity contribution in [2.24, 2.45) is 0 Å². The Morgan fingerprint density at radius 3 is 2.41 bits per heavy atom. The standard InChI is InChI=1S/C20H25ClN2O3S/c1-5-6-15(3)22-20(24)16-8-7-14(2)19(13-16)23(4)27(25,26)18-11-9-17(21)10-12-18/h7-13,15H,5-6H2,1-4H3,(H,22,24)/t15-/m1/s1. The van der Waals surface area contributed by atoms with Crippen molar-refractivity contribution >= 4 is 33.2 Å². The number of anilines is 1. The van der Waals surface area contributed by atoms with E-state index in [4.69, 9.17) is 11.6 Å². The van der Waals surface area contributed by atoms with Crippen LogP contribution < -0.4 is 9.62 Å². The summed E-state index contributed by atoms with van der Waals surface area (Å²) < 4.78 is 27.0. The van der Waals surface area contributed by atoms with Crippen LogP contribution in [-0.2, 0) is 10.0 Å². The molecule has 0 aliphatic rings. The van der Waals surface area contributed by atoms with Crippen LogP contribution in [0.25, 0.3) is 0 Å². The minimum Gasteiger partial charge on any atom is -0.350 e. The molecule has 0 fully saturated rings. The molecule has 2 aromatic carbocycles. The van der Waals surface area contributed by atoms with Gasteiger partial charge in [0, 0.05) is 23.7 Å². The summed E-state index contributed by atoms with van der Waals surface area (Å²) in [7, 11) is -2.28. The van der Waals surface area contributed by atoms with E-state index in [0.29, 0.717) is 16.3 Å². The molecule has 146 valence electrons. The predicted molar refractivity (Wildman–Crippen MR) is 110 cm³/mol. The molecule has 2 rings (SSSR count). The van der Waals surface area contributed by atoms with Gasteiger partial charge in [-0.05, 0) is 62.2 Å². The highest BCUT2D eigenvalue weighted by Crippen LogP contribution is 2.27. The van der Waals surface area contributed by atoms with Crippen molar-refractivity contribution in [3.8, 4) is 0 Å². The summed E-state index contributed by atoms with van der Waals surface area (Å²) in [5.41, 5.74) is 1.64. The maximum absolute atomic E-state index is 12.9. The number of aryl methyl sites for hydroxylation is 1. The fourth-order valence-electron chi connectivity index (χ4n) is 2.80. The van der Waals surface area contributed by atoms with Crippen molar-refractivity contribution in [3.63, 3.8) is 0 Å². The van der Waals surface area contributed by atoms with Gasteiger partial charge in [-0.2, -0.15) is 0 Å². The molecule has 0 heterocycles. The van der Waals surface area contributed by atoms with E-state index in [0.717, 1.165) is 18.4 Å². The SMILES string of the molecule is CCC[C@@H](C)NC(=O)c1ccc(C)c(N(C)S(=O)(=O)c2ccc(Cl)cc2)c1. The van der Waals surface area contributed by atoms with Crippen LogP contribution in [0.3, 0.4) is 0 Å². The summed E-state index contributed by atoms with van der Waals surface area (Å²) in [5, 5.41) is 3.40. The zero-order valence-corrected chi connectivity index (χ0v) is 17.6. The number of carbonyl (C=O) groups excluding carboxylic acids is 1. The van der Waals surface area contributed by atoms with Gasteiger partial charge in [-0.3, -0.25) is 9.10 Å². The van der Waals surface area contributed by atoms with E-state index < -0.39 is 10.0 Å². The van der Waals surface area contributed by atoms with Crippen molar-refractivity contribution < 1.29 is 13.2 Å². The van der Waals surface area contributed by atoms with Gasteiger partial charge in [-0.25, -0.2) is 8.42 Å². The molecule has 0 aliphatic carbocycles. The molecule has 27 heavy (non-hydrogen) atoms. The number of amides is 1. The van der Waals surface area contributed by atoms with Gasteiger partial charge in [-0.1, -0.05) is 31.0 Å². The molecule has 0 saturated heterocycles. The summed E-state index contributed by atoms with van der Waals surface area (Å²) in [6, 6.07) is 11.1. The fraction of sp³-hybridized carbons (Fsp3) is 0.350. The lowest BCUT2D eigenvalue weighted by atomic mass is 10.1. The molecule has 0 saturated carbocycles. The topological polar surface area (TPSA) is 66.5 Å². The van der Waals surface area contributed by atoms with Crippen LogP contribution in [0.2, 0.25) is 5.02 Å². The Kier molecular flexibility index (Phi) is 6.89. The van der Waals surface area contributed by atoms with Crippen molar-refractivity contribution in [2.75, 3.05) is 11.4 Å². The van der Waals surface area contributed by atoms with E-state index in [1.54, 1.807) is 18.2 Å². The minimum absolute atomic E-state index is 0.0581. The number of hydrogen-bond acceptors (Lipinski definition) is 3. The van der Waals surface area contributed by atoms with Gasteiger partial charge in [0.1, 0.15) is 0 Å². The molecule has 0 unspecified atom stereocenters. The molecule has 0 aromatic heterocycles. The summed E-state index contributed by atoms with van der Waals surface area (Å²) in [6.07, 6.45) is 1.86. The number of carbonyl (C=O) groups is 1. The van der Waals surface area contributed by atoms with Gasteiger partial charge in [0.2, 0.25) is 0 Å². The first-order chi connectivity index (χ1) is 12.7. The van der Waals surface area contributed by atoms with Gasteiger partial charge in [0.05, 0.1) is 10.6 Å². The lowest BCUT2D eigenvalue weighted by Gasteiger charge is -2.22. The summed E-state index contributed by atoms with van der Waals surface area (Å²) in [6.45, 7) is 5.82. The molecule has 1 atom stereocenters. The van der Waals surface area contributed by atoms with Gasteiger partial charge in [0.15, 0.2) is 0 Å². The Bertz CT molecular complexity index is 911. The van der Waals surface area contributed by atoms with Crippen molar-refractivity contribution in [1.82, 2.24) is 5.32 Å². The van der Waals surface area contributed by atoms with Crippen LogP contribution in [0.15, 0.2) is 47.4 Å². The zero-order valence-electron chi connectivity index (χ0n) is 16.0. The third-order valence-corrected chi connectivity index (χ3v) is 6.42. The number of nitrogens with one attached hydrogen (secondary N) is 1. The van der Waals surface area contributed by atoms with Gasteiger partial charge in [0.25, 0.3) is 15.9 Å². The van der Waals surface area contributed by atoms with E-state index in [-0.39, 0.29) is 16.8 Å². The van der Waals surface area contributed by atoms with Crippen molar-refractivity contribution in [1.29, 1.82) is 0 Å². The molecule has 0 bridgehead atoms. The van der Waals surface area contributed by atoms with E-state index in [9.17, 15) is 13.2 Å². The molecular weight excluding hydrogens is 384 g/mol. The summed E-state index contributed by atoms with van der Waals surface area (Å²) in [5.74, 6) is -0.213. The zero-order chi connectivity index (χ0) is 20.2. The Labute approximate surface area is 166 Å². The number of rotatable bonds is 7. The monoisotopic (exact) mass is 408 g/mol. The van der Waals surface area contributed by atoms with Crippen molar-refractivity contribution in [3.05, 3.63) is 58.6 Å². The number of hydrogen-bond donors (Lipinski definition) is 1. The highest BCUT2D eigenvalue weighted by molar-refractivity contribution is 7.92. The summed E-state index contributed by atoms with van der Waals surface area (Å²) >= 11 is 5.85. The first-order valence-corrected chi connectivity index (χ1v) is 10.6. The minimum atomic E-state index is -3.76. The van der Waals surface area contributed by atoms with Crippen molar-refractivity contribution in [2.45, 2.75) is 44.6 Å². The second kappa shape index (κ2) is 8.76. The van der Waals surface area contributed by atoms with Crippen LogP contribution in [-0.4, -0.2) is 27.4 Å². The van der Waals surface area contributed by atoms with E-state index in [2.05, 4.69) is 12.2 Å². The average molecular weight is 409 g/mol. The van der Waals surface area contributed by atoms with Crippen LogP contribution in [0.1, 0.15) is 42.6 Å². The van der Waals surface area contributed by atoms with Crippen LogP contribution in [0, 0.1) is 6.92 Å². The van der Waals surface area contributed by atoms with Crippen LogP contribution >= 0.6 is 11.6 Å². The highest BCUT2D eigenvalue weighted by Gasteiger charge is 2.23. The Morgan fingerprint density at radius 2 is 1.81 bits per heavy atom.